The quantitative estimate of drug-likeness (QED) is 0.891. The highest BCUT2D eigenvalue weighted by Crippen LogP contribution is 2.23. The number of thiophene rings is 2. The third-order valence-electron chi connectivity index (χ3n) is 2.50. The normalized spacial score (nSPS) is 11.8. The maximum absolute atomic E-state index is 12.0. The monoisotopic (exact) mass is 302 g/mol. The van der Waals surface area contributed by atoms with Crippen LogP contribution in [0.3, 0.4) is 0 Å². The molecule has 4 nitrogen and oxygen atoms in total. The highest BCUT2D eigenvalue weighted by molar-refractivity contribution is 7.91. The predicted octanol–water partition coefficient (Wildman–Crippen LogP) is 2.43. The number of nitrogen functional groups attached to an aromatic ring is 1. The van der Waals surface area contributed by atoms with Gasteiger partial charge >= 0.3 is 0 Å². The fourth-order valence-corrected chi connectivity index (χ4v) is 4.67. The molecule has 0 amide bonds. The van der Waals surface area contributed by atoms with E-state index in [0.717, 1.165) is 22.6 Å². The van der Waals surface area contributed by atoms with Crippen molar-refractivity contribution in [2.75, 3.05) is 5.73 Å². The Morgan fingerprint density at radius 1 is 1.39 bits per heavy atom. The maximum Gasteiger partial charge on any atom is 0.250 e. The van der Waals surface area contributed by atoms with Gasteiger partial charge in [-0.25, -0.2) is 13.1 Å². The Morgan fingerprint density at radius 2 is 2.17 bits per heavy atom. The van der Waals surface area contributed by atoms with Gasteiger partial charge < -0.3 is 5.73 Å². The van der Waals surface area contributed by atoms with Crippen LogP contribution in [-0.4, -0.2) is 8.42 Å². The molecular formula is C11H14N2O2S3. The highest BCUT2D eigenvalue weighted by Gasteiger charge is 2.16. The van der Waals surface area contributed by atoms with Crippen molar-refractivity contribution in [1.82, 2.24) is 4.72 Å². The smallest absolute Gasteiger partial charge is 0.250 e. The largest absolute Gasteiger partial charge is 0.398 e. The van der Waals surface area contributed by atoms with Crippen LogP contribution in [0.1, 0.15) is 17.4 Å². The van der Waals surface area contributed by atoms with Gasteiger partial charge in [0.25, 0.3) is 0 Å². The summed E-state index contributed by atoms with van der Waals surface area (Å²) in [5.41, 5.74) is 7.20. The molecule has 0 unspecified atom stereocenters. The third-order valence-corrected chi connectivity index (χ3v) is 6.32. The number of hydrogen-bond donors (Lipinski definition) is 2. The fraction of sp³-hybridized carbons (Fsp3) is 0.273. The molecule has 0 aliphatic rings. The van der Waals surface area contributed by atoms with Crippen molar-refractivity contribution in [1.29, 1.82) is 0 Å². The van der Waals surface area contributed by atoms with Crippen LogP contribution in [-0.2, 0) is 23.0 Å². The molecule has 0 aliphatic carbocycles. The van der Waals surface area contributed by atoms with Gasteiger partial charge in [0.15, 0.2) is 0 Å². The van der Waals surface area contributed by atoms with Crippen LogP contribution in [0.15, 0.2) is 27.1 Å². The van der Waals surface area contributed by atoms with Crippen LogP contribution in [0.4, 0.5) is 5.69 Å². The van der Waals surface area contributed by atoms with Crippen molar-refractivity contribution in [3.05, 3.63) is 33.3 Å². The Kier molecular flexibility index (Phi) is 4.06. The van der Waals surface area contributed by atoms with Crippen molar-refractivity contribution >= 4 is 38.4 Å². The van der Waals surface area contributed by atoms with Crippen LogP contribution in [0.25, 0.3) is 0 Å². The number of nitrogens with two attached hydrogens (primary N) is 1. The summed E-state index contributed by atoms with van der Waals surface area (Å²) in [6.07, 6.45) is 0.909. The minimum atomic E-state index is -3.45. The van der Waals surface area contributed by atoms with E-state index in [4.69, 9.17) is 5.73 Å². The van der Waals surface area contributed by atoms with E-state index in [1.54, 1.807) is 16.7 Å². The zero-order chi connectivity index (χ0) is 13.2. The van der Waals surface area contributed by atoms with Crippen LogP contribution < -0.4 is 10.5 Å². The summed E-state index contributed by atoms with van der Waals surface area (Å²) in [6, 6.07) is 3.50. The lowest BCUT2D eigenvalue weighted by atomic mass is 10.2. The van der Waals surface area contributed by atoms with Crippen molar-refractivity contribution in [2.24, 2.45) is 0 Å². The molecule has 0 aliphatic heterocycles. The van der Waals surface area contributed by atoms with Gasteiger partial charge in [0, 0.05) is 22.5 Å². The first kappa shape index (κ1) is 13.5. The first-order chi connectivity index (χ1) is 8.53. The summed E-state index contributed by atoms with van der Waals surface area (Å²) in [7, 11) is -3.45. The maximum atomic E-state index is 12.0. The van der Waals surface area contributed by atoms with Gasteiger partial charge in [-0.1, -0.05) is 6.92 Å². The molecule has 0 atom stereocenters. The van der Waals surface area contributed by atoms with Crippen LogP contribution in [0, 0.1) is 0 Å². The molecule has 98 valence electrons. The third kappa shape index (κ3) is 2.92. The highest BCUT2D eigenvalue weighted by atomic mass is 32.2. The van der Waals surface area contributed by atoms with Gasteiger partial charge in [0.2, 0.25) is 10.0 Å². The Balaban J connectivity index is 2.10. The summed E-state index contributed by atoms with van der Waals surface area (Å²) in [5, 5.41) is 3.60. The van der Waals surface area contributed by atoms with E-state index in [2.05, 4.69) is 11.6 Å². The SMILES string of the molecule is CCc1ccsc1CNS(=O)(=O)c1cc(N)cs1. The zero-order valence-corrected chi connectivity index (χ0v) is 12.3. The van der Waals surface area contributed by atoms with Crippen molar-refractivity contribution in [3.63, 3.8) is 0 Å². The van der Waals surface area contributed by atoms with Crippen LogP contribution in [0.5, 0.6) is 0 Å². The molecule has 7 heteroatoms. The summed E-state index contributed by atoms with van der Waals surface area (Å²) < 4.78 is 26.8. The molecule has 0 saturated carbocycles. The molecule has 0 saturated heterocycles. The van der Waals surface area contributed by atoms with E-state index < -0.39 is 10.0 Å². The van der Waals surface area contributed by atoms with Gasteiger partial charge in [0.1, 0.15) is 4.21 Å². The standard InChI is InChI=1S/C11H14N2O2S3/c1-2-8-3-4-16-10(8)6-13-18(14,15)11-5-9(12)7-17-11/h3-5,7,13H,2,6,12H2,1H3. The number of aryl methyl sites for hydroxylation is 1. The minimum Gasteiger partial charge on any atom is -0.398 e. The van der Waals surface area contributed by atoms with Crippen molar-refractivity contribution in [2.45, 2.75) is 24.1 Å². The Hall–Kier alpha value is -0.890. The van der Waals surface area contributed by atoms with Gasteiger partial charge in [-0.3, -0.25) is 0 Å². The van der Waals surface area contributed by atoms with E-state index in [0.29, 0.717) is 12.2 Å². The zero-order valence-electron chi connectivity index (χ0n) is 9.84. The van der Waals surface area contributed by atoms with E-state index in [1.807, 2.05) is 11.4 Å². The summed E-state index contributed by atoms with van der Waals surface area (Å²) >= 11 is 2.70. The fourth-order valence-electron chi connectivity index (χ4n) is 1.54. The molecule has 0 spiro atoms. The van der Waals surface area contributed by atoms with Gasteiger partial charge in [0.05, 0.1) is 0 Å². The van der Waals surface area contributed by atoms with Gasteiger partial charge in [-0.2, -0.15) is 0 Å². The van der Waals surface area contributed by atoms with Crippen LogP contribution >= 0.6 is 22.7 Å². The van der Waals surface area contributed by atoms with Gasteiger partial charge in [-0.15, -0.1) is 22.7 Å². The predicted molar refractivity (Wildman–Crippen MR) is 76.5 cm³/mol. The van der Waals surface area contributed by atoms with E-state index in [-0.39, 0.29) is 4.21 Å². The second-order valence-corrected chi connectivity index (χ2v) is 7.65. The summed E-state index contributed by atoms with van der Waals surface area (Å²) in [6.45, 7) is 2.39. The molecule has 0 bridgehead atoms. The molecule has 2 aromatic rings. The lowest BCUT2D eigenvalue weighted by Crippen LogP contribution is -2.22. The Bertz CT molecular complexity index is 628. The lowest BCUT2D eigenvalue weighted by molar-refractivity contribution is 0.584. The van der Waals surface area contributed by atoms with E-state index in [9.17, 15) is 8.42 Å². The van der Waals surface area contributed by atoms with Gasteiger partial charge in [-0.05, 0) is 29.5 Å². The average molecular weight is 302 g/mol. The molecule has 0 aromatic carbocycles. The Morgan fingerprint density at radius 3 is 2.78 bits per heavy atom. The molecular weight excluding hydrogens is 288 g/mol. The van der Waals surface area contributed by atoms with Crippen molar-refractivity contribution < 1.29 is 8.42 Å². The molecule has 3 N–H and O–H groups in total. The average Bonchev–Trinajstić information content (AvgIpc) is 2.94. The number of sulfonamides is 1. The first-order valence-electron chi connectivity index (χ1n) is 5.42. The second kappa shape index (κ2) is 5.40. The molecule has 2 rings (SSSR count). The lowest BCUT2D eigenvalue weighted by Gasteiger charge is -2.04. The molecule has 18 heavy (non-hydrogen) atoms. The first-order valence-corrected chi connectivity index (χ1v) is 8.66. The number of nitrogens with one attached hydrogen (secondary N) is 1. The molecule has 2 aromatic heterocycles. The number of hydrogen-bond acceptors (Lipinski definition) is 5. The number of rotatable bonds is 5. The summed E-state index contributed by atoms with van der Waals surface area (Å²) in [4.78, 5) is 1.06. The van der Waals surface area contributed by atoms with Crippen LogP contribution in [0.2, 0.25) is 0 Å². The topological polar surface area (TPSA) is 72.2 Å². The van der Waals surface area contributed by atoms with E-state index >= 15 is 0 Å². The summed E-state index contributed by atoms with van der Waals surface area (Å²) in [5.74, 6) is 0. The molecule has 0 radical (unpaired) electrons. The Labute approximate surface area is 115 Å². The minimum absolute atomic E-state index is 0.259. The second-order valence-electron chi connectivity index (χ2n) is 3.75. The molecule has 0 fully saturated rings. The van der Waals surface area contributed by atoms with E-state index in [1.165, 1.54) is 11.6 Å². The molecule has 2 heterocycles. The van der Waals surface area contributed by atoms with Crippen molar-refractivity contribution in [3.8, 4) is 0 Å². The number of anilines is 1.